The number of rotatable bonds is 6. The molecule has 0 aliphatic rings. The first-order valence-corrected chi connectivity index (χ1v) is 6.65. The quantitative estimate of drug-likeness (QED) is 0.882. The third kappa shape index (κ3) is 2.80. The molecule has 0 spiro atoms. The van der Waals surface area contributed by atoms with Crippen molar-refractivity contribution in [3.63, 3.8) is 0 Å². The number of hydrogen-bond acceptors (Lipinski definition) is 5. The Morgan fingerprint density at radius 1 is 1.14 bits per heavy atom. The highest BCUT2D eigenvalue weighted by molar-refractivity contribution is 5.46. The van der Waals surface area contributed by atoms with Gasteiger partial charge < -0.3 is 19.3 Å². The molecule has 1 aromatic heterocycles. The topological polar surface area (TPSA) is 65.7 Å². The van der Waals surface area contributed by atoms with Gasteiger partial charge in [-0.15, -0.1) is 0 Å². The van der Waals surface area contributed by atoms with Crippen LogP contribution in [0.15, 0.2) is 24.4 Å². The first kappa shape index (κ1) is 15.2. The number of ether oxygens (including phenoxy) is 3. The van der Waals surface area contributed by atoms with Gasteiger partial charge in [-0.05, 0) is 19.1 Å². The standard InChI is InChI=1S/C15H20N2O4/c1-5-17-14(13(21-4)9-16-17)15(18)11-7-6-10(19-2)8-12(11)20-3/h6-9,15,18H,5H2,1-4H3. The zero-order valence-corrected chi connectivity index (χ0v) is 12.7. The Hall–Kier alpha value is -2.21. The number of aliphatic hydroxyl groups is 1. The Balaban J connectivity index is 2.49. The SMILES string of the molecule is CCn1ncc(OC)c1C(O)c1ccc(OC)cc1OC. The van der Waals surface area contributed by atoms with Crippen LogP contribution >= 0.6 is 0 Å². The molecule has 114 valence electrons. The number of benzene rings is 1. The summed E-state index contributed by atoms with van der Waals surface area (Å²) in [5.41, 5.74) is 1.23. The van der Waals surface area contributed by atoms with Crippen molar-refractivity contribution in [1.82, 2.24) is 9.78 Å². The zero-order valence-electron chi connectivity index (χ0n) is 12.7. The van der Waals surface area contributed by atoms with Gasteiger partial charge in [-0.3, -0.25) is 4.68 Å². The highest BCUT2D eigenvalue weighted by atomic mass is 16.5. The number of methoxy groups -OCH3 is 3. The molecular weight excluding hydrogens is 272 g/mol. The summed E-state index contributed by atoms with van der Waals surface area (Å²) in [5, 5.41) is 14.9. The summed E-state index contributed by atoms with van der Waals surface area (Å²) in [4.78, 5) is 0. The van der Waals surface area contributed by atoms with Crippen molar-refractivity contribution in [1.29, 1.82) is 0 Å². The van der Waals surface area contributed by atoms with Gasteiger partial charge in [-0.25, -0.2) is 0 Å². The largest absolute Gasteiger partial charge is 0.497 e. The zero-order chi connectivity index (χ0) is 15.4. The van der Waals surface area contributed by atoms with E-state index in [1.807, 2.05) is 6.92 Å². The summed E-state index contributed by atoms with van der Waals surface area (Å²) in [6.07, 6.45) is 0.696. The van der Waals surface area contributed by atoms with E-state index in [2.05, 4.69) is 5.10 Å². The van der Waals surface area contributed by atoms with Gasteiger partial charge in [-0.2, -0.15) is 5.10 Å². The normalized spacial score (nSPS) is 12.0. The van der Waals surface area contributed by atoms with E-state index in [1.54, 1.807) is 50.4 Å². The first-order chi connectivity index (χ1) is 10.2. The minimum absolute atomic E-state index is 0.544. The van der Waals surface area contributed by atoms with Crippen LogP contribution in [0.1, 0.15) is 24.3 Å². The van der Waals surface area contributed by atoms with Crippen molar-refractivity contribution in [2.45, 2.75) is 19.6 Å². The van der Waals surface area contributed by atoms with Crippen LogP contribution in [0.4, 0.5) is 0 Å². The van der Waals surface area contributed by atoms with Gasteiger partial charge in [0.2, 0.25) is 0 Å². The molecule has 0 saturated heterocycles. The molecular formula is C15H20N2O4. The van der Waals surface area contributed by atoms with Crippen LogP contribution in [0.2, 0.25) is 0 Å². The van der Waals surface area contributed by atoms with Crippen LogP contribution < -0.4 is 14.2 Å². The van der Waals surface area contributed by atoms with E-state index in [9.17, 15) is 5.11 Å². The van der Waals surface area contributed by atoms with E-state index in [0.717, 1.165) is 0 Å². The van der Waals surface area contributed by atoms with E-state index in [-0.39, 0.29) is 0 Å². The summed E-state index contributed by atoms with van der Waals surface area (Å²) in [6, 6.07) is 5.28. The lowest BCUT2D eigenvalue weighted by atomic mass is 10.0. The van der Waals surface area contributed by atoms with Gasteiger partial charge in [-0.1, -0.05) is 0 Å². The monoisotopic (exact) mass is 292 g/mol. The molecule has 1 heterocycles. The van der Waals surface area contributed by atoms with Gasteiger partial charge >= 0.3 is 0 Å². The Morgan fingerprint density at radius 2 is 1.86 bits per heavy atom. The summed E-state index contributed by atoms with van der Waals surface area (Å²) in [7, 11) is 4.69. The lowest BCUT2D eigenvalue weighted by molar-refractivity contribution is 0.197. The minimum Gasteiger partial charge on any atom is -0.497 e. The number of hydrogen-bond donors (Lipinski definition) is 1. The second-order valence-electron chi connectivity index (χ2n) is 4.42. The fourth-order valence-electron chi connectivity index (χ4n) is 2.25. The molecule has 2 rings (SSSR count). The molecule has 1 atom stereocenters. The maximum absolute atomic E-state index is 10.7. The Kier molecular flexibility index (Phi) is 4.70. The maximum atomic E-state index is 10.7. The molecule has 0 fully saturated rings. The number of aliphatic hydroxyl groups excluding tert-OH is 1. The second kappa shape index (κ2) is 6.49. The molecule has 0 aliphatic carbocycles. The maximum Gasteiger partial charge on any atom is 0.163 e. The smallest absolute Gasteiger partial charge is 0.163 e. The van der Waals surface area contributed by atoms with Gasteiger partial charge in [0.15, 0.2) is 5.75 Å². The summed E-state index contributed by atoms with van der Waals surface area (Å²) >= 11 is 0. The predicted molar refractivity (Wildman–Crippen MR) is 78.1 cm³/mol. The third-order valence-corrected chi connectivity index (χ3v) is 3.36. The van der Waals surface area contributed by atoms with Crippen molar-refractivity contribution >= 4 is 0 Å². The number of nitrogens with zero attached hydrogens (tertiary/aromatic N) is 2. The molecule has 2 aromatic rings. The second-order valence-corrected chi connectivity index (χ2v) is 4.42. The summed E-state index contributed by atoms with van der Waals surface area (Å²) < 4.78 is 17.5. The molecule has 1 unspecified atom stereocenters. The molecule has 0 radical (unpaired) electrons. The first-order valence-electron chi connectivity index (χ1n) is 6.65. The predicted octanol–water partition coefficient (Wildman–Crippen LogP) is 2.01. The van der Waals surface area contributed by atoms with Gasteiger partial charge in [0, 0.05) is 18.2 Å². The highest BCUT2D eigenvalue weighted by Crippen LogP contribution is 2.36. The van der Waals surface area contributed by atoms with Crippen molar-refractivity contribution < 1.29 is 19.3 Å². The van der Waals surface area contributed by atoms with E-state index in [0.29, 0.717) is 35.1 Å². The number of aryl methyl sites for hydroxylation is 1. The van der Waals surface area contributed by atoms with Crippen molar-refractivity contribution in [2.75, 3.05) is 21.3 Å². The molecule has 1 aromatic carbocycles. The summed E-state index contributed by atoms with van der Waals surface area (Å²) in [6.45, 7) is 2.59. The fraction of sp³-hybridized carbons (Fsp3) is 0.400. The molecule has 0 bridgehead atoms. The fourth-order valence-corrected chi connectivity index (χ4v) is 2.25. The molecule has 0 aliphatic heterocycles. The third-order valence-electron chi connectivity index (χ3n) is 3.36. The van der Waals surface area contributed by atoms with Crippen LogP contribution in [-0.4, -0.2) is 36.2 Å². The van der Waals surface area contributed by atoms with Crippen molar-refractivity contribution in [2.24, 2.45) is 0 Å². The van der Waals surface area contributed by atoms with Crippen molar-refractivity contribution in [3.05, 3.63) is 35.7 Å². The Morgan fingerprint density at radius 3 is 2.43 bits per heavy atom. The van der Waals surface area contributed by atoms with Gasteiger partial charge in [0.05, 0.1) is 27.5 Å². The molecule has 0 saturated carbocycles. The van der Waals surface area contributed by atoms with Gasteiger partial charge in [0.1, 0.15) is 23.3 Å². The van der Waals surface area contributed by atoms with E-state index in [1.165, 1.54) is 0 Å². The molecule has 6 nitrogen and oxygen atoms in total. The molecule has 21 heavy (non-hydrogen) atoms. The lowest BCUT2D eigenvalue weighted by Gasteiger charge is -2.17. The average molecular weight is 292 g/mol. The molecule has 6 heteroatoms. The minimum atomic E-state index is -0.900. The molecule has 1 N–H and O–H groups in total. The Labute approximate surface area is 123 Å². The van der Waals surface area contributed by atoms with Gasteiger partial charge in [0.25, 0.3) is 0 Å². The van der Waals surface area contributed by atoms with Crippen molar-refractivity contribution in [3.8, 4) is 17.2 Å². The van der Waals surface area contributed by atoms with E-state index in [4.69, 9.17) is 14.2 Å². The van der Waals surface area contributed by atoms with Crippen LogP contribution in [0.3, 0.4) is 0 Å². The van der Waals surface area contributed by atoms with Crippen LogP contribution in [0.5, 0.6) is 17.2 Å². The molecule has 0 amide bonds. The van der Waals surface area contributed by atoms with E-state index < -0.39 is 6.10 Å². The number of aromatic nitrogens is 2. The highest BCUT2D eigenvalue weighted by Gasteiger charge is 2.24. The Bertz CT molecular complexity index is 588. The van der Waals surface area contributed by atoms with Crippen LogP contribution in [0, 0.1) is 0 Å². The van der Waals surface area contributed by atoms with Crippen LogP contribution in [-0.2, 0) is 6.54 Å². The lowest BCUT2D eigenvalue weighted by Crippen LogP contribution is -2.11. The van der Waals surface area contributed by atoms with Crippen LogP contribution in [0.25, 0.3) is 0 Å². The average Bonchev–Trinajstić information content (AvgIpc) is 2.96. The van der Waals surface area contributed by atoms with E-state index >= 15 is 0 Å². The summed E-state index contributed by atoms with van der Waals surface area (Å²) in [5.74, 6) is 1.76.